The van der Waals surface area contributed by atoms with Gasteiger partial charge in [-0.1, -0.05) is 19.9 Å². The summed E-state index contributed by atoms with van der Waals surface area (Å²) < 4.78 is 25.6. The molecule has 2 heterocycles. The molecule has 0 aliphatic carbocycles. The highest BCUT2D eigenvalue weighted by Gasteiger charge is 2.20. The number of hydrogen-bond donors (Lipinski definition) is 0. The van der Waals surface area contributed by atoms with Gasteiger partial charge in [0.1, 0.15) is 0 Å². The number of aliphatic imine (C=N–C) groups is 1. The molecular weight excluding hydrogens is 272 g/mol. The van der Waals surface area contributed by atoms with Gasteiger partial charge in [0.15, 0.2) is 9.84 Å². The summed E-state index contributed by atoms with van der Waals surface area (Å²) in [7, 11) is -3.17. The van der Waals surface area contributed by atoms with E-state index in [1.807, 2.05) is 6.07 Å². The van der Waals surface area contributed by atoms with Crippen LogP contribution < -0.4 is 0 Å². The van der Waals surface area contributed by atoms with Crippen molar-refractivity contribution in [2.75, 3.05) is 12.8 Å². The zero-order valence-corrected chi connectivity index (χ0v) is 12.7. The SMILES string of the molecule is CC(C)C1=NCCn2c1cc1ccc(S(C)(=O)=O)cc12. The minimum atomic E-state index is -3.17. The van der Waals surface area contributed by atoms with Crippen molar-refractivity contribution in [3.8, 4) is 0 Å². The number of benzene rings is 1. The van der Waals surface area contributed by atoms with Gasteiger partial charge in [-0.15, -0.1) is 0 Å². The molecule has 2 aromatic rings. The molecule has 0 fully saturated rings. The number of rotatable bonds is 2. The molecule has 1 aromatic heterocycles. The van der Waals surface area contributed by atoms with E-state index in [4.69, 9.17) is 0 Å². The second-order valence-electron chi connectivity index (χ2n) is 5.60. The predicted octanol–water partition coefficient (Wildman–Crippen LogP) is 2.50. The molecule has 4 nitrogen and oxygen atoms in total. The topological polar surface area (TPSA) is 51.4 Å². The van der Waals surface area contributed by atoms with E-state index in [1.165, 1.54) is 6.26 Å². The van der Waals surface area contributed by atoms with Crippen molar-refractivity contribution in [2.45, 2.75) is 25.3 Å². The minimum absolute atomic E-state index is 0.368. The highest BCUT2D eigenvalue weighted by atomic mass is 32.2. The van der Waals surface area contributed by atoms with Gasteiger partial charge in [0.2, 0.25) is 0 Å². The third-order valence-electron chi connectivity index (χ3n) is 3.72. The van der Waals surface area contributed by atoms with Crippen molar-refractivity contribution in [1.82, 2.24) is 4.57 Å². The summed E-state index contributed by atoms with van der Waals surface area (Å²) in [6, 6.07) is 7.45. The summed E-state index contributed by atoms with van der Waals surface area (Å²) in [6.07, 6.45) is 1.25. The van der Waals surface area contributed by atoms with E-state index in [9.17, 15) is 8.42 Å². The Morgan fingerprint density at radius 3 is 2.65 bits per heavy atom. The Hall–Kier alpha value is -1.62. The molecule has 1 aliphatic rings. The van der Waals surface area contributed by atoms with Gasteiger partial charge in [0, 0.05) is 23.7 Å². The Kier molecular flexibility index (Phi) is 2.97. The maximum Gasteiger partial charge on any atom is 0.175 e. The molecule has 0 saturated carbocycles. The van der Waals surface area contributed by atoms with Crippen LogP contribution in [0.1, 0.15) is 19.5 Å². The van der Waals surface area contributed by atoms with E-state index in [0.29, 0.717) is 10.8 Å². The van der Waals surface area contributed by atoms with Gasteiger partial charge >= 0.3 is 0 Å². The number of sulfone groups is 1. The molecule has 20 heavy (non-hydrogen) atoms. The Morgan fingerprint density at radius 2 is 2.00 bits per heavy atom. The van der Waals surface area contributed by atoms with Crippen LogP contribution in [0.2, 0.25) is 0 Å². The molecule has 3 rings (SSSR count). The lowest BCUT2D eigenvalue weighted by atomic mass is 10.0. The average Bonchev–Trinajstić information content (AvgIpc) is 2.74. The van der Waals surface area contributed by atoms with Gasteiger partial charge in [-0.3, -0.25) is 4.99 Å². The molecule has 0 amide bonds. The number of aromatic nitrogens is 1. The highest BCUT2D eigenvalue weighted by Crippen LogP contribution is 2.27. The predicted molar refractivity (Wildman–Crippen MR) is 81.3 cm³/mol. The second kappa shape index (κ2) is 4.45. The first-order valence-electron chi connectivity index (χ1n) is 6.76. The molecular formula is C15H18N2O2S. The van der Waals surface area contributed by atoms with Crippen molar-refractivity contribution >= 4 is 26.5 Å². The minimum Gasteiger partial charge on any atom is -0.338 e. The Bertz CT molecular complexity index is 814. The van der Waals surface area contributed by atoms with Crippen LogP contribution in [0.3, 0.4) is 0 Å². The lowest BCUT2D eigenvalue weighted by Gasteiger charge is -2.19. The van der Waals surface area contributed by atoms with Gasteiger partial charge < -0.3 is 4.57 Å². The lowest BCUT2D eigenvalue weighted by molar-refractivity contribution is 0.602. The van der Waals surface area contributed by atoms with E-state index < -0.39 is 9.84 Å². The van der Waals surface area contributed by atoms with Gasteiger partial charge in [-0.2, -0.15) is 0 Å². The number of nitrogens with zero attached hydrogens (tertiary/aromatic N) is 2. The van der Waals surface area contributed by atoms with E-state index in [-0.39, 0.29) is 0 Å². The van der Waals surface area contributed by atoms with E-state index in [1.54, 1.807) is 12.1 Å². The van der Waals surface area contributed by atoms with Crippen LogP contribution in [0.5, 0.6) is 0 Å². The van der Waals surface area contributed by atoms with Crippen molar-refractivity contribution < 1.29 is 8.42 Å². The van der Waals surface area contributed by atoms with Crippen molar-refractivity contribution in [3.05, 3.63) is 30.0 Å². The molecule has 0 N–H and O–H groups in total. The first-order valence-corrected chi connectivity index (χ1v) is 8.65. The summed E-state index contributed by atoms with van der Waals surface area (Å²) in [4.78, 5) is 4.99. The summed E-state index contributed by atoms with van der Waals surface area (Å²) in [5.41, 5.74) is 3.20. The van der Waals surface area contributed by atoms with Gasteiger partial charge in [0.05, 0.1) is 22.8 Å². The van der Waals surface area contributed by atoms with E-state index >= 15 is 0 Å². The first-order chi connectivity index (χ1) is 9.38. The molecule has 1 aliphatic heterocycles. The molecule has 0 saturated heterocycles. The zero-order chi connectivity index (χ0) is 14.5. The molecule has 0 unspecified atom stereocenters. The Balaban J connectivity index is 2.26. The normalized spacial score (nSPS) is 15.5. The van der Waals surface area contributed by atoms with Crippen molar-refractivity contribution in [2.24, 2.45) is 10.9 Å². The summed E-state index contributed by atoms with van der Waals surface area (Å²) in [6.45, 7) is 5.83. The third kappa shape index (κ3) is 2.06. The molecule has 1 aromatic carbocycles. The molecule has 106 valence electrons. The second-order valence-corrected chi connectivity index (χ2v) is 7.61. The zero-order valence-electron chi connectivity index (χ0n) is 11.9. The van der Waals surface area contributed by atoms with E-state index in [0.717, 1.165) is 35.4 Å². The van der Waals surface area contributed by atoms with Crippen molar-refractivity contribution in [1.29, 1.82) is 0 Å². The van der Waals surface area contributed by atoms with Crippen molar-refractivity contribution in [3.63, 3.8) is 0 Å². The maximum atomic E-state index is 11.7. The molecule has 5 heteroatoms. The lowest BCUT2D eigenvalue weighted by Crippen LogP contribution is -2.21. The summed E-state index contributed by atoms with van der Waals surface area (Å²) in [5, 5.41) is 1.07. The fraction of sp³-hybridized carbons (Fsp3) is 0.400. The number of hydrogen-bond acceptors (Lipinski definition) is 3. The standard InChI is InChI=1S/C15H18N2O2S/c1-10(2)15-14-8-11-4-5-12(20(3,18)19)9-13(11)17(14)7-6-16-15/h4-5,8-10H,6-7H2,1-3H3. The van der Waals surface area contributed by atoms with E-state index in [2.05, 4.69) is 29.5 Å². The largest absolute Gasteiger partial charge is 0.338 e. The Morgan fingerprint density at radius 1 is 1.25 bits per heavy atom. The fourth-order valence-corrected chi connectivity index (χ4v) is 3.39. The highest BCUT2D eigenvalue weighted by molar-refractivity contribution is 7.90. The molecule has 0 bridgehead atoms. The van der Waals surface area contributed by atoms with Crippen LogP contribution in [-0.4, -0.2) is 31.5 Å². The van der Waals surface area contributed by atoms with Gasteiger partial charge in [0.25, 0.3) is 0 Å². The smallest absolute Gasteiger partial charge is 0.175 e. The summed E-state index contributed by atoms with van der Waals surface area (Å²) in [5.74, 6) is 0.368. The first kappa shape index (κ1) is 13.4. The quantitative estimate of drug-likeness (QED) is 0.853. The average molecular weight is 290 g/mol. The van der Waals surface area contributed by atoms with Crippen LogP contribution in [-0.2, 0) is 16.4 Å². The Labute approximate surface area is 119 Å². The fourth-order valence-electron chi connectivity index (χ4n) is 2.75. The van der Waals surface area contributed by atoms with Gasteiger partial charge in [-0.05, 0) is 24.1 Å². The van der Waals surface area contributed by atoms with Crippen LogP contribution in [0.15, 0.2) is 34.2 Å². The van der Waals surface area contributed by atoms with Crippen LogP contribution >= 0.6 is 0 Å². The van der Waals surface area contributed by atoms with Crippen LogP contribution in [0.4, 0.5) is 0 Å². The molecule has 0 atom stereocenters. The van der Waals surface area contributed by atoms with Gasteiger partial charge in [-0.25, -0.2) is 8.42 Å². The molecule has 0 spiro atoms. The molecule has 0 radical (unpaired) electrons. The summed E-state index contributed by atoms with van der Waals surface area (Å²) >= 11 is 0. The third-order valence-corrected chi connectivity index (χ3v) is 4.83. The monoisotopic (exact) mass is 290 g/mol. The maximum absolute atomic E-state index is 11.7. The number of fused-ring (bicyclic) bond motifs is 3. The van der Waals surface area contributed by atoms with Crippen LogP contribution in [0, 0.1) is 5.92 Å². The van der Waals surface area contributed by atoms with Crippen LogP contribution in [0.25, 0.3) is 10.9 Å².